The lowest BCUT2D eigenvalue weighted by atomic mass is 9.77. The average molecular weight is 413 g/mol. The van der Waals surface area contributed by atoms with Crippen LogP contribution in [-0.4, -0.2) is 29.0 Å². The van der Waals surface area contributed by atoms with Crippen LogP contribution in [0.15, 0.2) is 60.0 Å². The number of carbonyl (C=O) groups excluding carboxylic acids is 2. The highest BCUT2D eigenvalue weighted by atomic mass is 35.5. The first kappa shape index (κ1) is 18.3. The van der Waals surface area contributed by atoms with Gasteiger partial charge in [-0.3, -0.25) is 14.5 Å². The molecule has 1 aromatic heterocycles. The zero-order valence-electron chi connectivity index (χ0n) is 15.4. The van der Waals surface area contributed by atoms with Gasteiger partial charge in [0.2, 0.25) is 0 Å². The highest BCUT2D eigenvalue weighted by Crippen LogP contribution is 2.48. The molecule has 4 atom stereocenters. The number of anilines is 1. The van der Waals surface area contributed by atoms with Gasteiger partial charge in [0.1, 0.15) is 18.1 Å². The number of carbonyl (C=O) groups is 2. The van der Waals surface area contributed by atoms with Crippen LogP contribution in [0.3, 0.4) is 0 Å². The van der Waals surface area contributed by atoms with Crippen LogP contribution >= 0.6 is 11.6 Å². The third-order valence-electron chi connectivity index (χ3n) is 5.87. The zero-order chi connectivity index (χ0) is 20.1. The Balaban J connectivity index is 1.64. The van der Waals surface area contributed by atoms with Gasteiger partial charge < -0.3 is 4.74 Å². The molecular weight excluding hydrogens is 395 g/mol. The Morgan fingerprint density at radius 1 is 1.10 bits per heavy atom. The van der Waals surface area contributed by atoms with Crippen LogP contribution < -0.4 is 4.90 Å². The topological polar surface area (TPSA) is 59.5 Å². The fourth-order valence-corrected chi connectivity index (χ4v) is 4.63. The van der Waals surface area contributed by atoms with Crippen molar-refractivity contribution in [1.82, 2.24) is 4.98 Å². The standard InChI is InChI=1S/C22H18ClFN2O3/c23-13-6-4-12(5-7-13)19-18-20(27)15-11-14(24)8-9-16(15)29-21(18)22(28)26(19)17-3-1-2-10-25-17/h1-7,10,14-16,19H,8-9,11H2. The number of benzene rings is 1. The van der Waals surface area contributed by atoms with E-state index >= 15 is 0 Å². The molecule has 2 aliphatic heterocycles. The third kappa shape index (κ3) is 2.94. The number of halogens is 2. The molecule has 4 unspecified atom stereocenters. The molecule has 0 N–H and O–H groups in total. The van der Waals surface area contributed by atoms with Crippen molar-refractivity contribution in [1.29, 1.82) is 0 Å². The van der Waals surface area contributed by atoms with Crippen molar-refractivity contribution in [3.05, 3.63) is 70.6 Å². The normalized spacial score (nSPS) is 28.8. The molecule has 0 radical (unpaired) electrons. The lowest BCUT2D eigenvalue weighted by Crippen LogP contribution is -2.42. The average Bonchev–Trinajstić information content (AvgIpc) is 3.03. The monoisotopic (exact) mass is 412 g/mol. The van der Waals surface area contributed by atoms with Gasteiger partial charge in [0.15, 0.2) is 11.5 Å². The fraction of sp³-hybridized carbons (Fsp3) is 0.318. The molecule has 3 heterocycles. The Bertz CT molecular complexity index is 1010. The molecule has 0 spiro atoms. The molecule has 148 valence electrons. The maximum atomic E-state index is 14.0. The van der Waals surface area contributed by atoms with E-state index in [2.05, 4.69) is 4.98 Å². The summed E-state index contributed by atoms with van der Waals surface area (Å²) in [5.41, 5.74) is 1.01. The number of nitrogens with zero attached hydrogens (tertiary/aromatic N) is 2. The molecule has 1 fully saturated rings. The summed E-state index contributed by atoms with van der Waals surface area (Å²) in [5.74, 6) is -0.671. The van der Waals surface area contributed by atoms with Crippen LogP contribution in [0.2, 0.25) is 5.02 Å². The van der Waals surface area contributed by atoms with Gasteiger partial charge >= 0.3 is 0 Å². The summed E-state index contributed by atoms with van der Waals surface area (Å²) < 4.78 is 20.0. The maximum Gasteiger partial charge on any atom is 0.295 e. The van der Waals surface area contributed by atoms with Crippen LogP contribution in [-0.2, 0) is 14.3 Å². The maximum absolute atomic E-state index is 14.0. The van der Waals surface area contributed by atoms with Gasteiger partial charge in [-0.1, -0.05) is 29.8 Å². The second kappa shape index (κ2) is 6.95. The molecule has 3 aliphatic rings. The smallest absolute Gasteiger partial charge is 0.295 e. The number of ketones is 1. The minimum absolute atomic E-state index is 0.0687. The summed E-state index contributed by atoms with van der Waals surface area (Å²) in [7, 11) is 0. The van der Waals surface area contributed by atoms with E-state index in [0.717, 1.165) is 5.56 Å². The molecule has 1 amide bonds. The van der Waals surface area contributed by atoms with Gasteiger partial charge in [-0.25, -0.2) is 9.37 Å². The van der Waals surface area contributed by atoms with Gasteiger partial charge in [0.05, 0.1) is 17.5 Å². The minimum Gasteiger partial charge on any atom is -0.483 e. The van der Waals surface area contributed by atoms with Gasteiger partial charge in [0.25, 0.3) is 5.91 Å². The molecule has 5 nitrogen and oxygen atoms in total. The number of ether oxygens (including phenoxy) is 1. The molecule has 29 heavy (non-hydrogen) atoms. The van der Waals surface area contributed by atoms with Crippen molar-refractivity contribution in [2.45, 2.75) is 37.6 Å². The first-order valence-electron chi connectivity index (χ1n) is 9.63. The van der Waals surface area contributed by atoms with Gasteiger partial charge in [-0.15, -0.1) is 0 Å². The minimum atomic E-state index is -1.02. The van der Waals surface area contributed by atoms with Crippen molar-refractivity contribution in [2.24, 2.45) is 5.92 Å². The van der Waals surface area contributed by atoms with Gasteiger partial charge in [-0.05, 0) is 49.1 Å². The Hall–Kier alpha value is -2.73. The molecule has 0 saturated heterocycles. The first-order valence-corrected chi connectivity index (χ1v) is 10.0. The number of aromatic nitrogens is 1. The Labute approximate surface area is 172 Å². The second-order valence-electron chi connectivity index (χ2n) is 7.60. The number of hydrogen-bond acceptors (Lipinski definition) is 4. The first-order chi connectivity index (χ1) is 14.0. The van der Waals surface area contributed by atoms with Crippen molar-refractivity contribution in [2.75, 3.05) is 4.90 Å². The summed E-state index contributed by atoms with van der Waals surface area (Å²) in [6, 6.07) is 11.6. The highest BCUT2D eigenvalue weighted by molar-refractivity contribution is 6.30. The molecule has 5 rings (SSSR count). The van der Waals surface area contributed by atoms with E-state index in [1.54, 1.807) is 48.7 Å². The van der Waals surface area contributed by atoms with Gasteiger partial charge in [-0.2, -0.15) is 0 Å². The Kier molecular flexibility index (Phi) is 4.39. The quantitative estimate of drug-likeness (QED) is 0.742. The van der Waals surface area contributed by atoms with Crippen LogP contribution in [0.1, 0.15) is 30.9 Å². The number of rotatable bonds is 2. The lowest BCUT2D eigenvalue weighted by molar-refractivity contribution is -0.133. The largest absolute Gasteiger partial charge is 0.483 e. The van der Waals surface area contributed by atoms with Crippen LogP contribution in [0.4, 0.5) is 10.2 Å². The summed E-state index contributed by atoms with van der Waals surface area (Å²) in [4.78, 5) is 32.6. The SMILES string of the molecule is O=C1C2=C(OC3CCC(F)CC13)C(=O)N(c1ccccn1)C2c1ccc(Cl)cc1. The molecule has 0 bridgehead atoms. The summed E-state index contributed by atoms with van der Waals surface area (Å²) in [5, 5.41) is 0.551. The summed E-state index contributed by atoms with van der Waals surface area (Å²) >= 11 is 6.04. The predicted molar refractivity (Wildman–Crippen MR) is 105 cm³/mol. The van der Waals surface area contributed by atoms with Crippen LogP contribution in [0.25, 0.3) is 0 Å². The van der Waals surface area contributed by atoms with E-state index in [-0.39, 0.29) is 18.0 Å². The van der Waals surface area contributed by atoms with E-state index in [1.165, 1.54) is 4.90 Å². The van der Waals surface area contributed by atoms with Crippen LogP contribution in [0.5, 0.6) is 0 Å². The molecule has 1 aromatic carbocycles. The third-order valence-corrected chi connectivity index (χ3v) is 6.12. The number of pyridine rings is 1. The Morgan fingerprint density at radius 2 is 1.90 bits per heavy atom. The number of fused-ring (bicyclic) bond motifs is 1. The molecule has 7 heteroatoms. The van der Waals surface area contributed by atoms with E-state index in [1.807, 2.05) is 0 Å². The summed E-state index contributed by atoms with van der Waals surface area (Å²) in [6.45, 7) is 0. The molecule has 1 saturated carbocycles. The molecule has 1 aliphatic carbocycles. The zero-order valence-corrected chi connectivity index (χ0v) is 16.2. The second-order valence-corrected chi connectivity index (χ2v) is 8.03. The van der Waals surface area contributed by atoms with Crippen LogP contribution in [0, 0.1) is 5.92 Å². The fourth-order valence-electron chi connectivity index (χ4n) is 4.51. The predicted octanol–water partition coefficient (Wildman–Crippen LogP) is 4.18. The van der Waals surface area contributed by atoms with E-state index in [4.69, 9.17) is 16.3 Å². The van der Waals surface area contributed by atoms with Gasteiger partial charge in [0, 0.05) is 11.2 Å². The van der Waals surface area contributed by atoms with Crippen molar-refractivity contribution < 1.29 is 18.7 Å². The Morgan fingerprint density at radius 3 is 2.62 bits per heavy atom. The highest BCUT2D eigenvalue weighted by Gasteiger charge is 2.53. The van der Waals surface area contributed by atoms with E-state index in [0.29, 0.717) is 29.3 Å². The number of Topliss-reactive ketones (excluding diaryl/α,β-unsaturated/α-hetero) is 1. The lowest BCUT2D eigenvalue weighted by Gasteiger charge is -2.36. The van der Waals surface area contributed by atoms with Crippen molar-refractivity contribution in [3.63, 3.8) is 0 Å². The van der Waals surface area contributed by atoms with Crippen molar-refractivity contribution in [3.8, 4) is 0 Å². The molecular formula is C22H18ClFN2O3. The molecule has 2 aromatic rings. The van der Waals surface area contributed by atoms with E-state index in [9.17, 15) is 14.0 Å². The summed E-state index contributed by atoms with van der Waals surface area (Å²) in [6.07, 6.45) is 1.02. The number of hydrogen-bond donors (Lipinski definition) is 0. The van der Waals surface area contributed by atoms with E-state index < -0.39 is 30.1 Å². The number of alkyl halides is 1. The number of amides is 1. The van der Waals surface area contributed by atoms with Crippen molar-refractivity contribution >= 4 is 29.1 Å².